The van der Waals surface area contributed by atoms with Crippen molar-refractivity contribution in [1.29, 1.82) is 0 Å². The van der Waals surface area contributed by atoms with Gasteiger partial charge in [0, 0.05) is 35.9 Å². The van der Waals surface area contributed by atoms with E-state index >= 15 is 8.78 Å². The number of nitrogens with zero attached hydrogens (tertiary/aromatic N) is 8. The summed E-state index contributed by atoms with van der Waals surface area (Å²) in [4.78, 5) is 63.2. The Bertz CT molecular complexity index is 3570. The molecule has 29 nitrogen and oxygen atoms in total. The van der Waals surface area contributed by atoms with E-state index in [1.54, 1.807) is 4.72 Å². The lowest BCUT2D eigenvalue weighted by Crippen LogP contribution is -2.43. The van der Waals surface area contributed by atoms with Gasteiger partial charge >= 0.3 is 22.2 Å². The van der Waals surface area contributed by atoms with Gasteiger partial charge in [0.25, 0.3) is 0 Å². The summed E-state index contributed by atoms with van der Waals surface area (Å²) in [5, 5.41) is 75.0. The van der Waals surface area contributed by atoms with E-state index in [1.165, 1.54) is 35.2 Å². The van der Waals surface area contributed by atoms with E-state index in [2.05, 4.69) is 34.6 Å². The quantitative estimate of drug-likeness (QED) is 0.0414. The molecule has 0 spiro atoms. The number of aliphatic hydroxyl groups excluding tert-OH is 5. The van der Waals surface area contributed by atoms with Crippen LogP contribution in [0.5, 0.6) is 0 Å². The first-order valence-corrected chi connectivity index (χ1v) is 25.9. The highest BCUT2D eigenvalue weighted by molar-refractivity contribution is 7.92. The van der Waals surface area contributed by atoms with Crippen molar-refractivity contribution in [1.82, 2.24) is 48.5 Å². The molecule has 6 heterocycles. The van der Waals surface area contributed by atoms with Crippen LogP contribution in [0.25, 0.3) is 33.7 Å². The first kappa shape index (κ1) is 54.6. The van der Waals surface area contributed by atoms with Gasteiger partial charge in [-0.05, 0) is 42.2 Å². The zero-order chi connectivity index (χ0) is 55.5. The number of carboxylic acids is 1. The average molecular weight is 1120 g/mol. The van der Waals surface area contributed by atoms with Crippen LogP contribution in [0.1, 0.15) is 76.1 Å². The lowest BCUT2D eigenvalue weighted by molar-refractivity contribution is -0.225. The minimum Gasteiger partial charge on any atom is -0.478 e. The van der Waals surface area contributed by atoms with Gasteiger partial charge < -0.3 is 56.7 Å². The molecule has 9 rings (SSSR count). The van der Waals surface area contributed by atoms with Crippen LogP contribution >= 0.6 is 0 Å². The number of fused-ring (bicyclic) bond motifs is 3. The highest BCUT2D eigenvalue weighted by Crippen LogP contribution is 2.56. The second kappa shape index (κ2) is 20.7. The molecule has 6 aromatic rings. The molecule has 2 fully saturated rings. The fraction of sp³-hybridized carbons (Fsp3) is 0.386. The maximum Gasteiger partial charge on any atom is 0.362 e. The summed E-state index contributed by atoms with van der Waals surface area (Å²) in [5.74, 6) is -8.13. The number of anilines is 2. The summed E-state index contributed by atoms with van der Waals surface area (Å²) in [7, 11) is -9.26. The number of benzene rings is 2. The number of ketones is 1. The zero-order valence-corrected chi connectivity index (χ0v) is 41.0. The second-order valence-corrected chi connectivity index (χ2v) is 21.0. The topological polar surface area (TPSA) is 452 Å². The summed E-state index contributed by atoms with van der Waals surface area (Å²) in [6.45, 7) is -1.52. The van der Waals surface area contributed by atoms with Crippen molar-refractivity contribution < 1.29 is 89.4 Å². The highest BCUT2D eigenvalue weighted by Gasteiger charge is 2.64. The molecule has 4 aromatic heterocycles. The highest BCUT2D eigenvalue weighted by atomic mass is 32.2. The Labute approximate surface area is 432 Å². The van der Waals surface area contributed by atoms with E-state index in [0.717, 1.165) is 41.5 Å². The molecule has 2 aromatic carbocycles. The molecule has 0 saturated carbocycles. The lowest BCUT2D eigenvalue weighted by Gasteiger charge is -2.31. The number of carbonyl (C=O) groups excluding carboxylic acids is 2. The maximum absolute atomic E-state index is 15.0. The molecule has 13 N–H and O–H groups in total. The summed E-state index contributed by atoms with van der Waals surface area (Å²) >= 11 is 0. The minimum absolute atomic E-state index is 0.0233. The first-order chi connectivity index (χ1) is 36.3. The number of imidazole rings is 2. The molecule has 1 amide bonds. The SMILES string of the molecule is Nc1ncnc2c1ncn2[C@@H]1O[C@H](COS(=O)(=O)NC(=O)CCC(=O)c2cc(C(=O)O)cc(-c3nc(N)c4ncn([C@@H]5O[C@H](CNS(=O)(=O)/C=C/CCC6(O)c7ccccc7C(O)C6(F)F)[C@@H](O)[C@H]5O)c4n3)c2)[C@@H](O)[C@H]1O. The van der Waals surface area contributed by atoms with Crippen molar-refractivity contribution in [2.75, 3.05) is 24.6 Å². The van der Waals surface area contributed by atoms with Gasteiger partial charge in [0.05, 0.1) is 24.8 Å². The largest absolute Gasteiger partial charge is 0.478 e. The monoisotopic (exact) mass is 1120 g/mol. The fourth-order valence-electron chi connectivity index (χ4n) is 9.07. The number of aliphatic hydroxyl groups is 6. The number of carboxylic acid groups (broad SMARTS) is 1. The number of ether oxygens (including phenoxy) is 2. The van der Waals surface area contributed by atoms with Crippen LogP contribution in [0.15, 0.2) is 72.9 Å². The number of allylic oxidation sites excluding steroid dienone is 1. The van der Waals surface area contributed by atoms with Crippen molar-refractivity contribution in [3.63, 3.8) is 0 Å². The number of carbonyl (C=O) groups is 3. The molecule has 0 radical (unpaired) electrons. The number of amides is 1. The molecule has 77 heavy (non-hydrogen) atoms. The standard InChI is InChI=1S/C44H46F2N12O17S2/c45-44(46)34(65)22-5-1-2-6-23(22)43(44,68)9-3-4-10-76(69,70)53-14-25-30(61)32(63)41(74-25)58-18-52-29-36(48)54-37(55-39(29)58)20-11-19(12-21(13-20)42(66)67)24(59)7-8-27(60)56-77(71,72)73-15-26-31(62)33(64)40(75-26)57-17-51-28-35(47)49-16-50-38(28)57/h1-2,4-6,10-13,16-18,25-26,30-34,40-41,53,61-65,68H,3,7-9,14-15H2,(H,56,60)(H,66,67)(H2,47,49,50)(H2,48,54,55)/b10-4+/t25-,26-,30-,31-,32-,33-,34?,40-,41-,43?/m1/s1. The third kappa shape index (κ3) is 10.4. The predicted octanol–water partition coefficient (Wildman–Crippen LogP) is -1.44. The van der Waals surface area contributed by atoms with Gasteiger partial charge in [-0.25, -0.2) is 52.6 Å². The number of nitrogens with one attached hydrogen (secondary N) is 2. The number of nitrogen functional groups attached to an aromatic ring is 2. The van der Waals surface area contributed by atoms with Gasteiger partial charge in [0.15, 0.2) is 52.6 Å². The van der Waals surface area contributed by atoms with Crippen LogP contribution in [0.3, 0.4) is 0 Å². The molecule has 2 aliphatic heterocycles. The zero-order valence-electron chi connectivity index (χ0n) is 39.4. The van der Waals surface area contributed by atoms with E-state index in [1.807, 2.05) is 0 Å². The minimum atomic E-state index is -4.91. The molecule has 0 bridgehead atoms. The van der Waals surface area contributed by atoms with Crippen LogP contribution in [0.4, 0.5) is 20.4 Å². The van der Waals surface area contributed by atoms with Crippen LogP contribution < -0.4 is 20.9 Å². The van der Waals surface area contributed by atoms with Crippen LogP contribution in [0.2, 0.25) is 0 Å². The van der Waals surface area contributed by atoms with E-state index in [-0.39, 0.29) is 68.5 Å². The van der Waals surface area contributed by atoms with Crippen molar-refractivity contribution in [3.05, 3.63) is 95.2 Å². The van der Waals surface area contributed by atoms with Gasteiger partial charge in [-0.2, -0.15) is 17.2 Å². The molecule has 1 aliphatic carbocycles. The number of nitrogens with two attached hydrogens (primary N) is 2. The average Bonchev–Trinajstić information content (AvgIpc) is 4.26. The number of alkyl halides is 2. The lowest BCUT2D eigenvalue weighted by atomic mass is 9.88. The molecule has 33 heteroatoms. The number of aromatic carboxylic acids is 1. The molecule has 10 atom stereocenters. The Morgan fingerprint density at radius 2 is 1.44 bits per heavy atom. The Morgan fingerprint density at radius 3 is 2.14 bits per heavy atom. The van der Waals surface area contributed by atoms with Crippen molar-refractivity contribution >= 4 is 72.0 Å². The Kier molecular flexibility index (Phi) is 14.7. The smallest absolute Gasteiger partial charge is 0.362 e. The number of sulfonamides is 1. The van der Waals surface area contributed by atoms with Gasteiger partial charge in [-0.15, -0.1) is 0 Å². The number of Topliss-reactive ketones (excluding diaryl/α,β-unsaturated/α-hetero) is 1. The van der Waals surface area contributed by atoms with Crippen molar-refractivity contribution in [3.8, 4) is 11.4 Å². The molecular formula is C44H46F2N12O17S2. The normalized spacial score (nSPS) is 26.2. The molecule has 2 saturated heterocycles. The predicted molar refractivity (Wildman–Crippen MR) is 256 cm³/mol. The number of hydrogen-bond acceptors (Lipinski definition) is 24. The second-order valence-electron chi connectivity index (χ2n) is 18.0. The van der Waals surface area contributed by atoms with Gasteiger partial charge in [0.2, 0.25) is 15.9 Å². The summed E-state index contributed by atoms with van der Waals surface area (Å²) in [6.07, 6.45) is -12.8. The number of hydrogen-bond donors (Lipinski definition) is 11. The summed E-state index contributed by atoms with van der Waals surface area (Å²) in [6, 6.07) is 8.55. The summed E-state index contributed by atoms with van der Waals surface area (Å²) < 4.78 is 104. The van der Waals surface area contributed by atoms with Crippen molar-refractivity contribution in [2.24, 2.45) is 0 Å². The maximum atomic E-state index is 15.0. The third-order valence-corrected chi connectivity index (χ3v) is 15.1. The summed E-state index contributed by atoms with van der Waals surface area (Å²) in [5.41, 5.74) is 8.10. The molecule has 3 aliphatic rings. The molecule has 410 valence electrons. The van der Waals surface area contributed by atoms with E-state index < -0.39 is 143 Å². The van der Waals surface area contributed by atoms with Crippen molar-refractivity contribution in [2.45, 2.75) is 92.4 Å². The number of aromatic nitrogens is 8. The van der Waals surface area contributed by atoms with Gasteiger partial charge in [-0.3, -0.25) is 22.9 Å². The Hall–Kier alpha value is -7.15. The molecular weight excluding hydrogens is 1070 g/mol. The Morgan fingerprint density at radius 1 is 0.805 bits per heavy atom. The number of halogens is 2. The van der Waals surface area contributed by atoms with Gasteiger partial charge in [-0.1, -0.05) is 30.3 Å². The number of rotatable bonds is 19. The van der Waals surface area contributed by atoms with E-state index in [4.69, 9.17) is 25.1 Å². The molecule has 2 unspecified atom stereocenters. The van der Waals surface area contributed by atoms with Crippen LogP contribution in [0, 0.1) is 0 Å². The van der Waals surface area contributed by atoms with Crippen LogP contribution in [-0.4, -0.2) is 165 Å². The van der Waals surface area contributed by atoms with Gasteiger partial charge in [0.1, 0.15) is 60.1 Å². The third-order valence-electron chi connectivity index (χ3n) is 13.1. The van der Waals surface area contributed by atoms with E-state index in [9.17, 15) is 67.0 Å². The van der Waals surface area contributed by atoms with Crippen LogP contribution in [-0.2, 0) is 44.4 Å². The first-order valence-electron chi connectivity index (χ1n) is 22.9. The Balaban J connectivity index is 0.820. The fourth-order valence-corrected chi connectivity index (χ4v) is 10.7. The van der Waals surface area contributed by atoms with E-state index in [0.29, 0.717) is 5.41 Å².